The third kappa shape index (κ3) is 4.56. The van der Waals surface area contributed by atoms with Crippen molar-refractivity contribution in [2.24, 2.45) is 0 Å². The first-order valence-corrected chi connectivity index (χ1v) is 12.0. The van der Waals surface area contributed by atoms with E-state index in [0.29, 0.717) is 18.1 Å². The number of nitrogens with one attached hydrogen (secondary N) is 1. The molecule has 0 aliphatic heterocycles. The van der Waals surface area contributed by atoms with Crippen molar-refractivity contribution in [1.82, 2.24) is 24.5 Å². The Bertz CT molecular complexity index is 1390. The van der Waals surface area contributed by atoms with Crippen molar-refractivity contribution in [3.8, 4) is 11.8 Å². The molecule has 0 saturated carbocycles. The molecule has 0 aliphatic rings. The molecule has 1 atom stereocenters. The first-order valence-electron chi connectivity index (χ1n) is 9.71. The van der Waals surface area contributed by atoms with E-state index in [4.69, 9.17) is 27.9 Å². The Hall–Kier alpha value is -2.72. The maximum Gasteiger partial charge on any atom is 0.322 e. The van der Waals surface area contributed by atoms with Gasteiger partial charge in [0.25, 0.3) is 0 Å². The highest BCUT2D eigenvalue weighted by Gasteiger charge is 2.24. The summed E-state index contributed by atoms with van der Waals surface area (Å²) in [5, 5.41) is 9.68. The van der Waals surface area contributed by atoms with Gasteiger partial charge < -0.3 is 4.74 Å². The Kier molecular flexibility index (Phi) is 6.34. The number of fused-ring (bicyclic) bond motifs is 1. The Balaban J connectivity index is 1.58. The molecule has 0 unspecified atom stereocenters. The predicted molar refractivity (Wildman–Crippen MR) is 123 cm³/mol. The average molecular weight is 492 g/mol. The summed E-state index contributed by atoms with van der Waals surface area (Å²) in [6.07, 6.45) is 1.71. The number of nitrogens with zero attached hydrogens (tertiary/aromatic N) is 4. The molecule has 32 heavy (non-hydrogen) atoms. The smallest absolute Gasteiger partial charge is 0.322 e. The van der Waals surface area contributed by atoms with Gasteiger partial charge in [0, 0.05) is 24.2 Å². The van der Waals surface area contributed by atoms with Crippen LogP contribution in [0.25, 0.3) is 10.9 Å². The summed E-state index contributed by atoms with van der Waals surface area (Å²) in [5.41, 5.74) is 0.788. The van der Waals surface area contributed by atoms with Gasteiger partial charge in [0.1, 0.15) is 5.75 Å². The molecule has 0 amide bonds. The lowest BCUT2D eigenvalue weighted by Gasteiger charge is -2.15. The van der Waals surface area contributed by atoms with Crippen molar-refractivity contribution in [1.29, 1.82) is 0 Å². The third-order valence-electron chi connectivity index (χ3n) is 4.77. The van der Waals surface area contributed by atoms with Crippen molar-refractivity contribution in [3.63, 3.8) is 0 Å². The highest BCUT2D eigenvalue weighted by molar-refractivity contribution is 7.89. The maximum atomic E-state index is 12.8. The number of aromatic nitrogens is 4. The number of pyridine rings is 1. The van der Waals surface area contributed by atoms with Gasteiger partial charge in [0.05, 0.1) is 26.5 Å². The molecular weight excluding hydrogens is 473 g/mol. The van der Waals surface area contributed by atoms with Gasteiger partial charge in [-0.2, -0.15) is 0 Å². The van der Waals surface area contributed by atoms with E-state index in [-0.39, 0.29) is 21.0 Å². The molecule has 0 saturated heterocycles. The van der Waals surface area contributed by atoms with Crippen LogP contribution in [0.15, 0.2) is 59.6 Å². The van der Waals surface area contributed by atoms with E-state index in [1.165, 1.54) is 18.2 Å². The van der Waals surface area contributed by atoms with Crippen LogP contribution >= 0.6 is 23.2 Å². The van der Waals surface area contributed by atoms with Crippen molar-refractivity contribution >= 4 is 44.1 Å². The van der Waals surface area contributed by atoms with E-state index in [1.54, 1.807) is 23.8 Å². The Morgan fingerprint density at radius 2 is 1.91 bits per heavy atom. The largest absolute Gasteiger partial charge is 0.424 e. The number of halogens is 2. The van der Waals surface area contributed by atoms with Crippen molar-refractivity contribution in [3.05, 3.63) is 70.6 Å². The predicted octanol–water partition coefficient (Wildman–Crippen LogP) is 4.98. The van der Waals surface area contributed by atoms with Gasteiger partial charge in [-0.25, -0.2) is 13.1 Å². The summed E-state index contributed by atoms with van der Waals surface area (Å²) < 4.78 is 35.8. The lowest BCUT2D eigenvalue weighted by Crippen LogP contribution is -2.29. The van der Waals surface area contributed by atoms with Gasteiger partial charge in [0.15, 0.2) is 5.82 Å². The van der Waals surface area contributed by atoms with E-state index in [1.807, 2.05) is 31.2 Å². The number of hydrogen-bond acceptors (Lipinski definition) is 6. The summed E-state index contributed by atoms with van der Waals surface area (Å²) in [6, 6.07) is 13.0. The number of benzene rings is 2. The van der Waals surface area contributed by atoms with Gasteiger partial charge in [-0.3, -0.25) is 9.55 Å². The second-order valence-electron chi connectivity index (χ2n) is 6.96. The second kappa shape index (κ2) is 9.03. The lowest BCUT2D eigenvalue weighted by atomic mass is 10.2. The van der Waals surface area contributed by atoms with Gasteiger partial charge in [-0.05, 0) is 50.2 Å². The second-order valence-corrected chi connectivity index (χ2v) is 9.49. The fraction of sp³-hybridized carbons (Fsp3) is 0.190. The van der Waals surface area contributed by atoms with E-state index in [2.05, 4.69) is 19.9 Å². The number of rotatable bonds is 7. The minimum Gasteiger partial charge on any atom is -0.424 e. The molecule has 4 aromatic rings. The minimum atomic E-state index is -3.87. The minimum absolute atomic E-state index is 0.00134. The summed E-state index contributed by atoms with van der Waals surface area (Å²) >= 11 is 11.9. The van der Waals surface area contributed by atoms with Crippen LogP contribution in [0.2, 0.25) is 10.0 Å². The molecular formula is C21H19Cl2N5O3S. The van der Waals surface area contributed by atoms with E-state index in [9.17, 15) is 8.42 Å². The standard InChI is InChI=1S/C21H19Cl2N5O3S/c1-3-28-20(13(2)27-32(29,30)16-8-9-17(22)18(23)12-16)25-26-21(28)31-15-7-6-14-5-4-10-24-19(14)11-15/h4-13,27H,3H2,1-2H3/t13-/m1/s1. The summed E-state index contributed by atoms with van der Waals surface area (Å²) in [5.74, 6) is 0.957. The average Bonchev–Trinajstić information content (AvgIpc) is 3.17. The van der Waals surface area contributed by atoms with Crippen LogP contribution in [-0.4, -0.2) is 28.2 Å². The highest BCUT2D eigenvalue weighted by atomic mass is 35.5. The van der Waals surface area contributed by atoms with Crippen molar-refractivity contribution in [2.45, 2.75) is 31.3 Å². The first kappa shape index (κ1) is 22.5. The normalized spacial score (nSPS) is 12.8. The number of sulfonamides is 1. The summed E-state index contributed by atoms with van der Waals surface area (Å²) in [4.78, 5) is 4.32. The third-order valence-corrected chi connectivity index (χ3v) is 7.05. The van der Waals surface area contributed by atoms with Crippen LogP contribution in [-0.2, 0) is 16.6 Å². The molecule has 0 radical (unpaired) electrons. The molecule has 2 aromatic heterocycles. The van der Waals surface area contributed by atoms with Crippen LogP contribution in [0.1, 0.15) is 25.7 Å². The molecule has 166 valence electrons. The fourth-order valence-electron chi connectivity index (χ4n) is 3.21. The Labute approximate surface area is 195 Å². The molecule has 0 fully saturated rings. The van der Waals surface area contributed by atoms with E-state index in [0.717, 1.165) is 10.9 Å². The van der Waals surface area contributed by atoms with Gasteiger partial charge in [-0.1, -0.05) is 34.4 Å². The zero-order valence-corrected chi connectivity index (χ0v) is 19.5. The van der Waals surface area contributed by atoms with Crippen LogP contribution in [0.4, 0.5) is 0 Å². The molecule has 1 N–H and O–H groups in total. The molecule has 4 rings (SSSR count). The SMILES string of the molecule is CCn1c(Oc2ccc3cccnc3c2)nnc1[C@@H](C)NS(=O)(=O)c1ccc(Cl)c(Cl)c1. The summed E-state index contributed by atoms with van der Waals surface area (Å²) in [6.45, 7) is 4.04. The zero-order valence-electron chi connectivity index (χ0n) is 17.2. The maximum absolute atomic E-state index is 12.8. The monoisotopic (exact) mass is 491 g/mol. The molecule has 2 aromatic carbocycles. The van der Waals surface area contributed by atoms with Gasteiger partial charge in [-0.15, -0.1) is 5.10 Å². The first-order chi connectivity index (χ1) is 15.3. The van der Waals surface area contributed by atoms with Gasteiger partial charge >= 0.3 is 6.01 Å². The molecule has 8 nitrogen and oxygen atoms in total. The van der Waals surface area contributed by atoms with Crippen molar-refractivity contribution < 1.29 is 13.2 Å². The van der Waals surface area contributed by atoms with Gasteiger partial charge in [0.2, 0.25) is 10.0 Å². The highest BCUT2D eigenvalue weighted by Crippen LogP contribution is 2.28. The lowest BCUT2D eigenvalue weighted by molar-refractivity contribution is 0.408. The van der Waals surface area contributed by atoms with Crippen LogP contribution in [0.5, 0.6) is 11.8 Å². The molecule has 2 heterocycles. The topological polar surface area (TPSA) is 99.0 Å². The van der Waals surface area contributed by atoms with Crippen LogP contribution < -0.4 is 9.46 Å². The molecule has 0 aliphatic carbocycles. The quantitative estimate of drug-likeness (QED) is 0.391. The molecule has 0 bridgehead atoms. The number of hydrogen-bond donors (Lipinski definition) is 1. The Morgan fingerprint density at radius 1 is 1.09 bits per heavy atom. The molecule has 0 spiro atoms. The van der Waals surface area contributed by atoms with E-state index < -0.39 is 16.1 Å². The fourth-order valence-corrected chi connectivity index (χ4v) is 4.80. The summed E-state index contributed by atoms with van der Waals surface area (Å²) in [7, 11) is -3.87. The Morgan fingerprint density at radius 3 is 2.66 bits per heavy atom. The molecule has 11 heteroatoms. The van der Waals surface area contributed by atoms with E-state index >= 15 is 0 Å². The number of ether oxygens (including phenoxy) is 1. The van der Waals surface area contributed by atoms with Crippen LogP contribution in [0.3, 0.4) is 0 Å². The van der Waals surface area contributed by atoms with Crippen molar-refractivity contribution in [2.75, 3.05) is 0 Å². The van der Waals surface area contributed by atoms with Crippen LogP contribution in [0, 0.1) is 0 Å². The zero-order chi connectivity index (χ0) is 22.9.